The molecule has 0 aliphatic carbocycles. The number of carbonyl (C=O) groups excluding carboxylic acids is 1. The molecule has 0 spiro atoms. The standard InChI is InChI=1S/C15H23NO2/c1-11(2)16(7-8-17)10-15(18)14-6-5-12(3)13(4)9-14/h5-6,9,11,17H,7-8,10H2,1-4H3. The van der Waals surface area contributed by atoms with E-state index in [2.05, 4.69) is 0 Å². The van der Waals surface area contributed by atoms with Crippen molar-refractivity contribution in [3.8, 4) is 0 Å². The van der Waals surface area contributed by atoms with Gasteiger partial charge in [-0.1, -0.05) is 12.1 Å². The Balaban J connectivity index is 2.77. The molecule has 1 rings (SSSR count). The van der Waals surface area contributed by atoms with Crippen molar-refractivity contribution in [2.75, 3.05) is 19.7 Å². The number of carbonyl (C=O) groups is 1. The van der Waals surface area contributed by atoms with Gasteiger partial charge >= 0.3 is 0 Å². The normalized spacial score (nSPS) is 11.3. The number of aliphatic hydroxyl groups is 1. The van der Waals surface area contributed by atoms with Crippen LogP contribution < -0.4 is 0 Å². The SMILES string of the molecule is Cc1ccc(C(=O)CN(CCO)C(C)C)cc1C. The second kappa shape index (κ2) is 6.66. The highest BCUT2D eigenvalue weighted by atomic mass is 16.3. The molecule has 0 aromatic heterocycles. The highest BCUT2D eigenvalue weighted by Crippen LogP contribution is 2.11. The monoisotopic (exact) mass is 249 g/mol. The largest absolute Gasteiger partial charge is 0.395 e. The van der Waals surface area contributed by atoms with Crippen LogP contribution in [0.5, 0.6) is 0 Å². The van der Waals surface area contributed by atoms with Gasteiger partial charge in [-0.25, -0.2) is 0 Å². The second-order valence-corrected chi connectivity index (χ2v) is 5.01. The van der Waals surface area contributed by atoms with E-state index in [1.54, 1.807) is 0 Å². The topological polar surface area (TPSA) is 40.5 Å². The van der Waals surface area contributed by atoms with Crippen molar-refractivity contribution in [2.24, 2.45) is 0 Å². The Kier molecular flexibility index (Phi) is 5.51. The third kappa shape index (κ3) is 3.93. The lowest BCUT2D eigenvalue weighted by molar-refractivity contribution is 0.0881. The Bertz CT molecular complexity index is 413. The Morgan fingerprint density at radius 1 is 1.28 bits per heavy atom. The van der Waals surface area contributed by atoms with Crippen molar-refractivity contribution < 1.29 is 9.90 Å². The number of nitrogens with zero attached hydrogens (tertiary/aromatic N) is 1. The van der Waals surface area contributed by atoms with Gasteiger partial charge in [0.15, 0.2) is 5.78 Å². The van der Waals surface area contributed by atoms with Crippen LogP contribution in [-0.2, 0) is 0 Å². The molecule has 1 aromatic rings. The maximum Gasteiger partial charge on any atom is 0.176 e. The summed E-state index contributed by atoms with van der Waals surface area (Å²) in [5.74, 6) is 0.111. The molecule has 0 atom stereocenters. The molecule has 3 nitrogen and oxygen atoms in total. The minimum absolute atomic E-state index is 0.0817. The van der Waals surface area contributed by atoms with Crippen molar-refractivity contribution in [3.63, 3.8) is 0 Å². The zero-order valence-corrected chi connectivity index (χ0v) is 11.7. The molecule has 3 heteroatoms. The molecule has 0 bridgehead atoms. The Morgan fingerprint density at radius 2 is 1.94 bits per heavy atom. The van der Waals surface area contributed by atoms with E-state index in [1.807, 2.05) is 50.8 Å². The summed E-state index contributed by atoms with van der Waals surface area (Å²) in [6.07, 6.45) is 0. The molecule has 1 N–H and O–H groups in total. The van der Waals surface area contributed by atoms with Crippen LogP contribution in [0, 0.1) is 13.8 Å². The first kappa shape index (κ1) is 14.9. The molecule has 0 saturated heterocycles. The van der Waals surface area contributed by atoms with Crippen LogP contribution in [0.2, 0.25) is 0 Å². The molecule has 0 amide bonds. The van der Waals surface area contributed by atoms with Gasteiger partial charge in [-0.15, -0.1) is 0 Å². The molecule has 0 unspecified atom stereocenters. The zero-order chi connectivity index (χ0) is 13.7. The first-order chi connectivity index (χ1) is 8.45. The molecular weight excluding hydrogens is 226 g/mol. The summed E-state index contributed by atoms with van der Waals surface area (Å²) in [6, 6.07) is 6.05. The van der Waals surface area contributed by atoms with Crippen molar-refractivity contribution in [1.82, 2.24) is 4.90 Å². The number of benzene rings is 1. The van der Waals surface area contributed by atoms with Crippen molar-refractivity contribution >= 4 is 5.78 Å². The molecule has 0 aliphatic heterocycles. The predicted octanol–water partition coefficient (Wildman–Crippen LogP) is 2.19. The average molecular weight is 249 g/mol. The van der Waals surface area contributed by atoms with Gasteiger partial charge in [-0.05, 0) is 44.9 Å². The van der Waals surface area contributed by atoms with E-state index in [1.165, 1.54) is 5.56 Å². The van der Waals surface area contributed by atoms with Crippen LogP contribution in [0.25, 0.3) is 0 Å². The van der Waals surface area contributed by atoms with E-state index < -0.39 is 0 Å². The lowest BCUT2D eigenvalue weighted by Gasteiger charge is -2.24. The highest BCUT2D eigenvalue weighted by molar-refractivity contribution is 5.97. The number of rotatable bonds is 6. The van der Waals surface area contributed by atoms with Crippen molar-refractivity contribution in [2.45, 2.75) is 33.7 Å². The second-order valence-electron chi connectivity index (χ2n) is 5.01. The third-order valence-electron chi connectivity index (χ3n) is 3.29. The number of hydrogen-bond donors (Lipinski definition) is 1. The van der Waals surface area contributed by atoms with Crippen LogP contribution in [0.1, 0.15) is 35.3 Å². The fourth-order valence-electron chi connectivity index (χ4n) is 1.84. The number of ketones is 1. The first-order valence-electron chi connectivity index (χ1n) is 6.41. The molecule has 0 fully saturated rings. The van der Waals surface area contributed by atoms with Gasteiger partial charge in [0.1, 0.15) is 0 Å². The van der Waals surface area contributed by atoms with Crippen LogP contribution in [0.4, 0.5) is 0 Å². The smallest absolute Gasteiger partial charge is 0.176 e. The molecule has 0 aliphatic rings. The van der Waals surface area contributed by atoms with Gasteiger partial charge in [-0.3, -0.25) is 9.69 Å². The van der Waals surface area contributed by atoms with Gasteiger partial charge < -0.3 is 5.11 Å². The van der Waals surface area contributed by atoms with Crippen molar-refractivity contribution in [1.29, 1.82) is 0 Å². The summed E-state index contributed by atoms with van der Waals surface area (Å²) in [6.45, 7) is 9.09. The summed E-state index contributed by atoms with van der Waals surface area (Å²) in [5, 5.41) is 9.00. The maximum absolute atomic E-state index is 12.2. The molecule has 18 heavy (non-hydrogen) atoms. The van der Waals surface area contributed by atoms with Crippen LogP contribution >= 0.6 is 0 Å². The minimum atomic E-state index is 0.0817. The Morgan fingerprint density at radius 3 is 2.44 bits per heavy atom. The van der Waals surface area contributed by atoms with E-state index in [0.29, 0.717) is 13.1 Å². The quantitative estimate of drug-likeness (QED) is 0.786. The molecule has 1 aromatic carbocycles. The lowest BCUT2D eigenvalue weighted by atomic mass is 10.0. The molecular formula is C15H23NO2. The number of Topliss-reactive ketones (excluding diaryl/α,β-unsaturated/α-hetero) is 1. The molecule has 0 radical (unpaired) electrons. The zero-order valence-electron chi connectivity index (χ0n) is 11.7. The molecule has 0 heterocycles. The van der Waals surface area contributed by atoms with Crippen LogP contribution in [0.3, 0.4) is 0 Å². The summed E-state index contributed by atoms with van der Waals surface area (Å²) >= 11 is 0. The fraction of sp³-hybridized carbons (Fsp3) is 0.533. The number of aryl methyl sites for hydroxylation is 2. The lowest BCUT2D eigenvalue weighted by Crippen LogP contribution is -2.37. The maximum atomic E-state index is 12.2. The fourth-order valence-corrected chi connectivity index (χ4v) is 1.84. The van der Waals surface area contributed by atoms with Gasteiger partial charge in [-0.2, -0.15) is 0 Å². The molecule has 100 valence electrons. The van der Waals surface area contributed by atoms with Gasteiger partial charge in [0, 0.05) is 18.2 Å². The molecule has 0 saturated carbocycles. The van der Waals surface area contributed by atoms with E-state index in [4.69, 9.17) is 5.11 Å². The first-order valence-corrected chi connectivity index (χ1v) is 6.41. The number of hydrogen-bond acceptors (Lipinski definition) is 3. The van der Waals surface area contributed by atoms with E-state index in [-0.39, 0.29) is 18.4 Å². The van der Waals surface area contributed by atoms with Gasteiger partial charge in [0.2, 0.25) is 0 Å². The van der Waals surface area contributed by atoms with Gasteiger partial charge in [0.05, 0.1) is 13.2 Å². The van der Waals surface area contributed by atoms with E-state index in [9.17, 15) is 4.79 Å². The summed E-state index contributed by atoms with van der Waals surface area (Å²) in [5.41, 5.74) is 3.09. The third-order valence-corrected chi connectivity index (χ3v) is 3.29. The summed E-state index contributed by atoms with van der Waals surface area (Å²) in [4.78, 5) is 14.2. The van der Waals surface area contributed by atoms with Gasteiger partial charge in [0.25, 0.3) is 0 Å². The Labute approximate surface area is 109 Å². The van der Waals surface area contributed by atoms with Crippen molar-refractivity contribution in [3.05, 3.63) is 34.9 Å². The van der Waals surface area contributed by atoms with Crippen LogP contribution in [-0.4, -0.2) is 41.5 Å². The predicted molar refractivity (Wildman–Crippen MR) is 74.0 cm³/mol. The summed E-state index contributed by atoms with van der Waals surface area (Å²) in [7, 11) is 0. The highest BCUT2D eigenvalue weighted by Gasteiger charge is 2.15. The van der Waals surface area contributed by atoms with E-state index >= 15 is 0 Å². The number of aliphatic hydroxyl groups excluding tert-OH is 1. The minimum Gasteiger partial charge on any atom is -0.395 e. The summed E-state index contributed by atoms with van der Waals surface area (Å²) < 4.78 is 0. The van der Waals surface area contributed by atoms with E-state index in [0.717, 1.165) is 11.1 Å². The van der Waals surface area contributed by atoms with Crippen LogP contribution in [0.15, 0.2) is 18.2 Å². The average Bonchev–Trinajstić information content (AvgIpc) is 2.31. The Hall–Kier alpha value is -1.19.